The van der Waals surface area contributed by atoms with Gasteiger partial charge < -0.3 is 0 Å². The predicted molar refractivity (Wildman–Crippen MR) is 37.2 cm³/mol. The molecule has 0 aromatic carbocycles. The molecule has 4 heavy (non-hydrogen) atoms. The topological polar surface area (TPSA) is 0 Å². The highest BCUT2D eigenvalue weighted by Gasteiger charge is 1.39. The lowest BCUT2D eigenvalue weighted by Crippen LogP contribution is -1.06. The van der Waals surface area contributed by atoms with Crippen molar-refractivity contribution in [2.75, 3.05) is 0 Å². The third-order valence-corrected chi connectivity index (χ3v) is 2.14. The third kappa shape index (κ3) is 3.20. The van der Waals surface area contributed by atoms with Crippen LogP contribution in [0.1, 0.15) is 0 Å². The average molecular weight is 280 g/mol. The molecule has 0 heterocycles. The maximum Gasteiger partial charge on any atom is -0.0173 e. The van der Waals surface area contributed by atoms with E-state index >= 15 is 0 Å². The van der Waals surface area contributed by atoms with Gasteiger partial charge in [0.2, 0.25) is 0 Å². The summed E-state index contributed by atoms with van der Waals surface area (Å²) in [5.41, 5.74) is 0. The first kappa shape index (κ1) is 5.20. The molecule has 0 amide bonds. The van der Waals surface area contributed by atoms with Crippen molar-refractivity contribution in [2.24, 2.45) is 0 Å². The van der Waals surface area contributed by atoms with Crippen molar-refractivity contribution in [2.45, 2.75) is 0 Å². The van der Waals surface area contributed by atoms with Gasteiger partial charge >= 0.3 is 0 Å². The lowest BCUT2D eigenvalue weighted by Gasteiger charge is -1.44. The van der Waals surface area contributed by atoms with Gasteiger partial charge in [0.1, 0.15) is 0 Å². The Balaban J connectivity index is 2.55. The fraction of sp³-hybridized carbons (Fsp3) is 0. The van der Waals surface area contributed by atoms with Crippen LogP contribution in [0.2, 0.25) is 0 Å². The average Bonchev–Trinajstić information content (AvgIpc) is 1.37. The largest absolute Gasteiger partial charge is 0.0525 e. The van der Waals surface area contributed by atoms with E-state index in [-0.39, 0.29) is 0 Å². The smallest absolute Gasteiger partial charge is 0.0173 e. The van der Waals surface area contributed by atoms with E-state index in [1.54, 1.807) is 0 Å². The van der Waals surface area contributed by atoms with E-state index < -0.39 is 0 Å². The van der Waals surface area contributed by atoms with Crippen molar-refractivity contribution in [3.05, 3.63) is 8.17 Å². The Hall–Kier alpha value is 1.20. The highest BCUT2D eigenvalue weighted by molar-refractivity contribution is 14.1. The lowest BCUT2D eigenvalue weighted by molar-refractivity contribution is 2.72. The van der Waals surface area contributed by atoms with E-state index in [1.807, 2.05) is 8.17 Å². The molecule has 0 radical (unpaired) electrons. The predicted octanol–water partition coefficient (Wildman–Crippen LogP) is 2.33. The summed E-state index contributed by atoms with van der Waals surface area (Å²) < 4.78 is 3.91. The van der Waals surface area contributed by atoms with E-state index in [0.29, 0.717) is 0 Å². The molecule has 0 aliphatic carbocycles. The van der Waals surface area contributed by atoms with Gasteiger partial charge in [0.05, 0.1) is 0 Å². The summed E-state index contributed by atoms with van der Waals surface area (Å²) in [6.45, 7) is 0. The minimum absolute atomic E-state index is 1.96. The minimum Gasteiger partial charge on any atom is -0.0525 e. The summed E-state index contributed by atoms with van der Waals surface area (Å²) in [5.74, 6) is 0. The van der Waals surface area contributed by atoms with Gasteiger partial charge in [0.15, 0.2) is 0 Å². The Morgan fingerprint density at radius 2 is 1.25 bits per heavy atom. The van der Waals surface area contributed by atoms with Gasteiger partial charge in [0.25, 0.3) is 0 Å². The summed E-state index contributed by atoms with van der Waals surface area (Å²) in [4.78, 5) is 0. The second-order valence-electron chi connectivity index (χ2n) is 0.252. The first-order chi connectivity index (χ1) is 1.91. The summed E-state index contributed by atoms with van der Waals surface area (Å²) in [6.07, 6.45) is 0. The lowest BCUT2D eigenvalue weighted by atomic mass is 11.3. The zero-order valence-corrected chi connectivity index (χ0v) is 6.23. The highest BCUT2D eigenvalue weighted by Crippen LogP contribution is 1.88. The molecule has 0 aromatic rings. The van der Waals surface area contributed by atoms with E-state index in [9.17, 15) is 0 Å². The molecule has 0 aromatic heterocycles. The van der Waals surface area contributed by atoms with Gasteiger partial charge in [-0.3, -0.25) is 0 Å². The molecule has 0 rings (SSSR count). The van der Waals surface area contributed by atoms with E-state index in [0.717, 1.165) is 0 Å². The fourth-order valence-corrected chi connectivity index (χ4v) is 0. The summed E-state index contributed by atoms with van der Waals surface area (Å²) in [5, 5.41) is 0. The van der Waals surface area contributed by atoms with Crippen molar-refractivity contribution in [3.63, 3.8) is 0 Å². The first-order valence-corrected chi connectivity index (χ1v) is 3.26. The summed E-state index contributed by atoms with van der Waals surface area (Å²) in [6, 6.07) is 0. The first-order valence-electron chi connectivity index (χ1n) is 0.770. The van der Waals surface area contributed by atoms with Crippen molar-refractivity contribution in [1.29, 1.82) is 0 Å². The monoisotopic (exact) mass is 280 g/mol. The van der Waals surface area contributed by atoms with Crippen LogP contribution in [-0.4, -0.2) is 0 Å². The Bertz CT molecular complexity index is 19.2. The Labute approximate surface area is 52.9 Å². The molecule has 0 aliphatic rings. The molecule has 2 heteroatoms. The van der Waals surface area contributed by atoms with Crippen LogP contribution in [0.4, 0.5) is 0 Å². The van der Waals surface area contributed by atoms with Crippen LogP contribution in [0.5, 0.6) is 0 Å². The SMILES string of the molecule is IC=CI. The van der Waals surface area contributed by atoms with Crippen molar-refractivity contribution < 1.29 is 0 Å². The van der Waals surface area contributed by atoms with Crippen LogP contribution in [0.3, 0.4) is 0 Å². The van der Waals surface area contributed by atoms with Crippen LogP contribution in [0.25, 0.3) is 0 Å². The Morgan fingerprint density at radius 3 is 1.25 bits per heavy atom. The summed E-state index contributed by atoms with van der Waals surface area (Å²) in [7, 11) is 0. The molecule has 0 saturated heterocycles. The molecule has 0 bridgehead atoms. The Morgan fingerprint density at radius 1 is 1.00 bits per heavy atom. The fourth-order valence-electron chi connectivity index (χ4n) is 0. The van der Waals surface area contributed by atoms with Gasteiger partial charge in [0, 0.05) is 0 Å². The highest BCUT2D eigenvalue weighted by atomic mass is 127. The zero-order valence-electron chi connectivity index (χ0n) is 1.91. The zero-order chi connectivity index (χ0) is 3.41. The van der Waals surface area contributed by atoms with Crippen LogP contribution in [0, 0.1) is 0 Å². The van der Waals surface area contributed by atoms with Crippen LogP contribution in [0.15, 0.2) is 8.17 Å². The van der Waals surface area contributed by atoms with Crippen molar-refractivity contribution in [1.82, 2.24) is 0 Å². The quantitative estimate of drug-likeness (QED) is 0.597. The van der Waals surface area contributed by atoms with Crippen LogP contribution >= 0.6 is 45.2 Å². The van der Waals surface area contributed by atoms with E-state index in [1.165, 1.54) is 0 Å². The van der Waals surface area contributed by atoms with Gasteiger partial charge in [-0.2, -0.15) is 0 Å². The second-order valence-corrected chi connectivity index (χ2v) is 1.69. The van der Waals surface area contributed by atoms with E-state index in [4.69, 9.17) is 0 Å². The molecule has 0 unspecified atom stereocenters. The standard InChI is InChI=1S/C2H2I2/c3-1-2-4/h1-2H. The summed E-state index contributed by atoms with van der Waals surface area (Å²) >= 11 is 4.33. The number of halogens is 2. The van der Waals surface area contributed by atoms with Gasteiger partial charge in [-0.15, -0.1) is 0 Å². The number of hydrogen-bond acceptors (Lipinski definition) is 0. The molecule has 0 saturated carbocycles. The molecule has 24 valence electrons. The third-order valence-electron chi connectivity index (χ3n) is 0.0476. The number of rotatable bonds is 0. The molecule has 0 N–H and O–H groups in total. The molecular formula is C2H2I2. The minimum atomic E-state index is 1.96. The van der Waals surface area contributed by atoms with Crippen molar-refractivity contribution >= 4 is 45.2 Å². The molecule has 0 aliphatic heterocycles. The maximum absolute atomic E-state index is 2.16. The van der Waals surface area contributed by atoms with E-state index in [2.05, 4.69) is 45.2 Å². The van der Waals surface area contributed by atoms with Gasteiger partial charge in [-0.05, 0) is 8.17 Å². The van der Waals surface area contributed by atoms with Crippen LogP contribution in [-0.2, 0) is 0 Å². The molecule has 0 nitrogen and oxygen atoms in total. The molecule has 0 spiro atoms. The van der Waals surface area contributed by atoms with Gasteiger partial charge in [-0.1, -0.05) is 45.2 Å². The van der Waals surface area contributed by atoms with Gasteiger partial charge in [-0.25, -0.2) is 0 Å². The van der Waals surface area contributed by atoms with Crippen LogP contribution < -0.4 is 0 Å². The maximum atomic E-state index is 2.16. The molecule has 0 fully saturated rings. The number of hydrogen-bond donors (Lipinski definition) is 0. The Kier molecular flexibility index (Phi) is 5.46. The van der Waals surface area contributed by atoms with Crippen molar-refractivity contribution in [3.8, 4) is 0 Å². The normalized spacial score (nSPS) is 9.50. The molecule has 0 atom stereocenters. The molecular weight excluding hydrogens is 278 g/mol. The second kappa shape index (κ2) is 4.20.